The molecule has 0 saturated carbocycles. The molecule has 1 saturated heterocycles. The van der Waals surface area contributed by atoms with Crippen molar-refractivity contribution in [1.29, 1.82) is 0 Å². The van der Waals surface area contributed by atoms with E-state index >= 15 is 0 Å². The fraction of sp³-hybridized carbons (Fsp3) is 0.333. The second-order valence-electron chi connectivity index (χ2n) is 6.99. The van der Waals surface area contributed by atoms with Gasteiger partial charge < -0.3 is 24.6 Å². The zero-order valence-corrected chi connectivity index (χ0v) is 15.8. The third-order valence-electron chi connectivity index (χ3n) is 4.98. The molecule has 146 valence electrons. The second-order valence-corrected chi connectivity index (χ2v) is 6.99. The number of benzene rings is 2. The molecule has 4 rings (SSSR count). The maximum absolute atomic E-state index is 12.6. The number of nitrogens with one attached hydrogen (secondary N) is 1. The molecule has 0 unspecified atom stereocenters. The van der Waals surface area contributed by atoms with Gasteiger partial charge in [-0.05, 0) is 43.4 Å². The molecule has 1 N–H and O–H groups in total. The lowest BCUT2D eigenvalue weighted by atomic mass is 10.1. The average Bonchev–Trinajstić information content (AvgIpc) is 2.74. The topological polar surface area (TPSA) is 71.1 Å². The molecule has 0 atom stereocenters. The number of hydrogen-bond acceptors (Lipinski definition) is 5. The van der Waals surface area contributed by atoms with Gasteiger partial charge in [-0.25, -0.2) is 0 Å². The summed E-state index contributed by atoms with van der Waals surface area (Å²) in [5.74, 6) is 1.07. The number of carbonyl (C=O) groups is 2. The minimum Gasteiger partial charge on any atom is -0.486 e. The van der Waals surface area contributed by atoms with E-state index in [9.17, 15) is 9.59 Å². The Morgan fingerprint density at radius 1 is 0.857 bits per heavy atom. The number of rotatable bonds is 3. The van der Waals surface area contributed by atoms with Crippen LogP contribution in [0.2, 0.25) is 0 Å². The molecular weight excluding hydrogens is 358 g/mol. The van der Waals surface area contributed by atoms with Crippen LogP contribution in [0.3, 0.4) is 0 Å². The summed E-state index contributed by atoms with van der Waals surface area (Å²) in [4.78, 5) is 29.2. The highest BCUT2D eigenvalue weighted by atomic mass is 16.6. The summed E-state index contributed by atoms with van der Waals surface area (Å²) in [6.45, 7) is 4.22. The van der Waals surface area contributed by atoms with Gasteiger partial charge in [-0.15, -0.1) is 0 Å². The molecule has 2 aromatic rings. The van der Waals surface area contributed by atoms with Gasteiger partial charge >= 0.3 is 0 Å². The normalized spacial score (nSPS) is 16.5. The minimum atomic E-state index is -0.240. The highest BCUT2D eigenvalue weighted by Crippen LogP contribution is 2.32. The van der Waals surface area contributed by atoms with E-state index in [1.165, 1.54) is 0 Å². The van der Waals surface area contributed by atoms with E-state index in [0.717, 1.165) is 26.2 Å². The third-order valence-corrected chi connectivity index (χ3v) is 4.98. The molecule has 0 bridgehead atoms. The van der Waals surface area contributed by atoms with Crippen molar-refractivity contribution in [3.63, 3.8) is 0 Å². The Labute approximate surface area is 163 Å². The zero-order valence-electron chi connectivity index (χ0n) is 15.8. The van der Waals surface area contributed by atoms with Crippen LogP contribution in [0, 0.1) is 0 Å². The number of hydrogen-bond donors (Lipinski definition) is 1. The van der Waals surface area contributed by atoms with Gasteiger partial charge in [-0.1, -0.05) is 0 Å². The highest BCUT2D eigenvalue weighted by Gasteiger charge is 2.20. The van der Waals surface area contributed by atoms with Gasteiger partial charge in [0.2, 0.25) is 0 Å². The van der Waals surface area contributed by atoms with Gasteiger partial charge in [-0.2, -0.15) is 0 Å². The zero-order chi connectivity index (χ0) is 19.5. The second kappa shape index (κ2) is 7.90. The van der Waals surface area contributed by atoms with E-state index in [1.807, 2.05) is 4.90 Å². The van der Waals surface area contributed by atoms with Crippen molar-refractivity contribution < 1.29 is 19.1 Å². The average molecular weight is 381 g/mol. The van der Waals surface area contributed by atoms with Crippen molar-refractivity contribution in [3.8, 4) is 11.5 Å². The maximum atomic E-state index is 12.6. The summed E-state index contributed by atoms with van der Waals surface area (Å²) in [6.07, 6.45) is 0. The van der Waals surface area contributed by atoms with Gasteiger partial charge in [0.05, 0.1) is 0 Å². The lowest BCUT2D eigenvalue weighted by molar-refractivity contribution is 0.0664. The number of anilines is 1. The van der Waals surface area contributed by atoms with Gasteiger partial charge in [0.25, 0.3) is 11.8 Å². The molecule has 7 nitrogen and oxygen atoms in total. The summed E-state index contributed by atoms with van der Waals surface area (Å²) in [7, 11) is 2.05. The van der Waals surface area contributed by atoms with E-state index < -0.39 is 0 Å². The number of piperazine rings is 1. The molecule has 2 aliphatic heterocycles. The van der Waals surface area contributed by atoms with Crippen molar-refractivity contribution >= 4 is 17.5 Å². The number of ether oxygens (including phenoxy) is 2. The lowest BCUT2D eigenvalue weighted by Gasteiger charge is -2.32. The molecule has 2 heterocycles. The van der Waals surface area contributed by atoms with Crippen LogP contribution >= 0.6 is 0 Å². The molecular formula is C21H23N3O4. The van der Waals surface area contributed by atoms with Crippen LogP contribution in [-0.4, -0.2) is 68.1 Å². The van der Waals surface area contributed by atoms with Crippen LogP contribution in [0.15, 0.2) is 42.5 Å². The summed E-state index contributed by atoms with van der Waals surface area (Å²) >= 11 is 0. The number of nitrogens with zero attached hydrogens (tertiary/aromatic N) is 2. The third kappa shape index (κ3) is 3.94. The molecule has 2 aliphatic rings. The summed E-state index contributed by atoms with van der Waals surface area (Å²) in [5, 5.41) is 2.85. The van der Waals surface area contributed by atoms with Gasteiger partial charge in [0.1, 0.15) is 13.2 Å². The monoisotopic (exact) mass is 381 g/mol. The minimum absolute atomic E-state index is 0.00638. The van der Waals surface area contributed by atoms with Crippen molar-refractivity contribution in [2.24, 2.45) is 0 Å². The van der Waals surface area contributed by atoms with Crippen molar-refractivity contribution in [3.05, 3.63) is 53.6 Å². The predicted octanol–water partition coefficient (Wildman–Crippen LogP) is 2.10. The Kier molecular flexibility index (Phi) is 5.16. The Bertz CT molecular complexity index is 874. The van der Waals surface area contributed by atoms with Crippen molar-refractivity contribution in [2.45, 2.75) is 0 Å². The largest absolute Gasteiger partial charge is 0.486 e. The first-order chi connectivity index (χ1) is 13.6. The van der Waals surface area contributed by atoms with Crippen LogP contribution in [0.4, 0.5) is 5.69 Å². The Morgan fingerprint density at radius 3 is 2.21 bits per heavy atom. The van der Waals surface area contributed by atoms with E-state index in [4.69, 9.17) is 9.47 Å². The van der Waals surface area contributed by atoms with E-state index in [0.29, 0.717) is 41.5 Å². The molecule has 0 spiro atoms. The SMILES string of the molecule is CN1CCN(C(=O)c2ccc(C(=O)Nc3ccc4c(c3)OCCO4)cc2)CC1. The quantitative estimate of drug-likeness (QED) is 0.882. The maximum Gasteiger partial charge on any atom is 0.255 e. The van der Waals surface area contributed by atoms with Crippen molar-refractivity contribution in [2.75, 3.05) is 51.8 Å². The number of fused-ring (bicyclic) bond motifs is 1. The lowest BCUT2D eigenvalue weighted by Crippen LogP contribution is -2.47. The van der Waals surface area contributed by atoms with Crippen molar-refractivity contribution in [1.82, 2.24) is 9.80 Å². The standard InChI is InChI=1S/C21H23N3O4/c1-23-8-10-24(11-9-23)21(26)16-4-2-15(3-5-16)20(25)22-17-6-7-18-19(14-17)28-13-12-27-18/h2-7,14H,8-13H2,1H3,(H,22,25). The van der Waals surface area contributed by atoms with Crippen LogP contribution in [0.5, 0.6) is 11.5 Å². The molecule has 2 aromatic carbocycles. The first kappa shape index (κ1) is 18.3. The summed E-state index contributed by atoms with van der Waals surface area (Å²) < 4.78 is 11.0. The van der Waals surface area contributed by atoms with E-state index in [2.05, 4.69) is 17.3 Å². The molecule has 0 aromatic heterocycles. The predicted molar refractivity (Wildman–Crippen MR) is 105 cm³/mol. The van der Waals surface area contributed by atoms with E-state index in [1.54, 1.807) is 42.5 Å². The number of likely N-dealkylation sites (N-methyl/N-ethyl adjacent to an activating group) is 1. The summed E-state index contributed by atoms with van der Waals surface area (Å²) in [5.41, 5.74) is 1.72. The Morgan fingerprint density at radius 2 is 1.50 bits per heavy atom. The molecule has 7 heteroatoms. The van der Waals surface area contributed by atoms with Gasteiger partial charge in [0, 0.05) is 49.1 Å². The molecule has 0 aliphatic carbocycles. The summed E-state index contributed by atoms with van der Waals surface area (Å²) in [6, 6.07) is 12.1. The first-order valence-electron chi connectivity index (χ1n) is 9.39. The molecule has 28 heavy (non-hydrogen) atoms. The molecule has 1 fully saturated rings. The first-order valence-corrected chi connectivity index (χ1v) is 9.39. The van der Waals surface area contributed by atoms with Crippen LogP contribution in [-0.2, 0) is 0 Å². The van der Waals surface area contributed by atoms with Gasteiger partial charge in [0.15, 0.2) is 11.5 Å². The van der Waals surface area contributed by atoms with Crippen LogP contribution in [0.1, 0.15) is 20.7 Å². The fourth-order valence-corrected chi connectivity index (χ4v) is 3.28. The van der Waals surface area contributed by atoms with Crippen LogP contribution < -0.4 is 14.8 Å². The molecule has 0 radical (unpaired) electrons. The Balaban J connectivity index is 1.40. The smallest absolute Gasteiger partial charge is 0.255 e. The van der Waals surface area contributed by atoms with Crippen LogP contribution in [0.25, 0.3) is 0 Å². The number of amides is 2. The fourth-order valence-electron chi connectivity index (χ4n) is 3.28. The number of carbonyl (C=O) groups excluding carboxylic acids is 2. The van der Waals surface area contributed by atoms with Gasteiger partial charge in [-0.3, -0.25) is 9.59 Å². The highest BCUT2D eigenvalue weighted by molar-refractivity contribution is 6.05. The van der Waals surface area contributed by atoms with E-state index in [-0.39, 0.29) is 11.8 Å². The molecule has 2 amide bonds. The Hall–Kier alpha value is -3.06.